The van der Waals surface area contributed by atoms with Crippen molar-refractivity contribution in [2.24, 2.45) is 5.73 Å². The molecule has 0 saturated carbocycles. The topological polar surface area (TPSA) is 82.3 Å². The number of halogens is 3. The molecule has 10 heteroatoms. The second-order valence-corrected chi connectivity index (χ2v) is 8.37. The van der Waals surface area contributed by atoms with E-state index in [9.17, 15) is 13.2 Å². The van der Waals surface area contributed by atoms with Crippen LogP contribution in [0.2, 0.25) is 0 Å². The van der Waals surface area contributed by atoms with Gasteiger partial charge >= 0.3 is 6.18 Å². The molecule has 1 aliphatic rings. The SMILES string of the molecule is Cc1c([C@@H](N)Nc2nnc(N(C)C)c3ccc(N4CCNCC4)cc23)cccc1C(F)(F)F. The van der Waals surface area contributed by atoms with Gasteiger partial charge in [0.25, 0.3) is 0 Å². The van der Waals surface area contributed by atoms with E-state index in [1.54, 1.807) is 6.07 Å². The van der Waals surface area contributed by atoms with E-state index in [4.69, 9.17) is 5.73 Å². The summed E-state index contributed by atoms with van der Waals surface area (Å²) in [4.78, 5) is 4.16. The van der Waals surface area contributed by atoms with Crippen LogP contribution in [0.4, 0.5) is 30.5 Å². The van der Waals surface area contributed by atoms with Crippen LogP contribution in [0.25, 0.3) is 10.8 Å². The molecular weight excluding hydrogens is 431 g/mol. The van der Waals surface area contributed by atoms with E-state index in [1.807, 2.05) is 31.1 Å². The Hall–Kier alpha value is -3.11. The number of hydrogen-bond donors (Lipinski definition) is 3. The van der Waals surface area contributed by atoms with E-state index in [-0.39, 0.29) is 5.56 Å². The second-order valence-electron chi connectivity index (χ2n) is 8.37. The molecule has 0 amide bonds. The number of rotatable bonds is 5. The van der Waals surface area contributed by atoms with Crippen molar-refractivity contribution in [3.05, 3.63) is 53.1 Å². The Morgan fingerprint density at radius 2 is 1.82 bits per heavy atom. The summed E-state index contributed by atoms with van der Waals surface area (Å²) in [6.45, 7) is 5.01. The van der Waals surface area contributed by atoms with Crippen LogP contribution in [0.15, 0.2) is 36.4 Å². The van der Waals surface area contributed by atoms with Gasteiger partial charge in [-0.25, -0.2) is 0 Å². The molecule has 0 unspecified atom stereocenters. The Morgan fingerprint density at radius 1 is 1.09 bits per heavy atom. The third-order valence-electron chi connectivity index (χ3n) is 5.96. The molecule has 1 saturated heterocycles. The molecule has 3 aromatic rings. The Labute approximate surface area is 190 Å². The lowest BCUT2D eigenvalue weighted by Crippen LogP contribution is -2.43. The molecule has 0 aliphatic carbocycles. The number of benzene rings is 2. The molecule has 2 heterocycles. The zero-order valence-corrected chi connectivity index (χ0v) is 18.9. The van der Waals surface area contributed by atoms with Gasteiger partial charge in [0.2, 0.25) is 0 Å². The fourth-order valence-corrected chi connectivity index (χ4v) is 4.21. The fraction of sp³-hybridized carbons (Fsp3) is 0.391. The summed E-state index contributed by atoms with van der Waals surface area (Å²) >= 11 is 0. The molecule has 2 aromatic carbocycles. The van der Waals surface area contributed by atoms with Crippen molar-refractivity contribution in [1.82, 2.24) is 15.5 Å². The Morgan fingerprint density at radius 3 is 2.48 bits per heavy atom. The third-order valence-corrected chi connectivity index (χ3v) is 5.96. The number of nitrogens with one attached hydrogen (secondary N) is 2. The van der Waals surface area contributed by atoms with Crippen molar-refractivity contribution < 1.29 is 13.2 Å². The van der Waals surface area contributed by atoms with Crippen LogP contribution in [0.3, 0.4) is 0 Å². The largest absolute Gasteiger partial charge is 0.416 e. The van der Waals surface area contributed by atoms with E-state index in [1.165, 1.54) is 13.0 Å². The number of nitrogens with two attached hydrogens (primary N) is 1. The lowest BCUT2D eigenvalue weighted by atomic mass is 10.00. The third kappa shape index (κ3) is 4.67. The molecule has 1 atom stereocenters. The lowest BCUT2D eigenvalue weighted by molar-refractivity contribution is -0.138. The second kappa shape index (κ2) is 9.03. The number of piperazine rings is 1. The summed E-state index contributed by atoms with van der Waals surface area (Å²) < 4.78 is 40.1. The van der Waals surface area contributed by atoms with Crippen molar-refractivity contribution in [3.8, 4) is 0 Å². The quantitative estimate of drug-likeness (QED) is 0.504. The summed E-state index contributed by atoms with van der Waals surface area (Å²) in [6, 6.07) is 10.1. The van der Waals surface area contributed by atoms with E-state index in [0.717, 1.165) is 48.7 Å². The molecule has 0 spiro atoms. The van der Waals surface area contributed by atoms with E-state index in [2.05, 4.69) is 31.8 Å². The van der Waals surface area contributed by atoms with E-state index >= 15 is 0 Å². The van der Waals surface area contributed by atoms with Crippen molar-refractivity contribution >= 4 is 28.1 Å². The highest BCUT2D eigenvalue weighted by Gasteiger charge is 2.33. The number of anilines is 3. The summed E-state index contributed by atoms with van der Waals surface area (Å²) in [5.74, 6) is 1.13. The monoisotopic (exact) mass is 459 g/mol. The first-order valence-electron chi connectivity index (χ1n) is 10.8. The Balaban J connectivity index is 1.75. The fourth-order valence-electron chi connectivity index (χ4n) is 4.21. The first kappa shape index (κ1) is 23.1. The highest BCUT2D eigenvalue weighted by molar-refractivity contribution is 6.00. The summed E-state index contributed by atoms with van der Waals surface area (Å²) in [5.41, 5.74) is 7.13. The van der Waals surface area contributed by atoms with Gasteiger partial charge in [0.15, 0.2) is 11.6 Å². The zero-order valence-electron chi connectivity index (χ0n) is 18.9. The highest BCUT2D eigenvalue weighted by atomic mass is 19.4. The van der Waals surface area contributed by atoms with Gasteiger partial charge in [0.1, 0.15) is 6.17 Å². The van der Waals surface area contributed by atoms with Crippen molar-refractivity contribution in [1.29, 1.82) is 0 Å². The zero-order chi connectivity index (χ0) is 23.8. The van der Waals surface area contributed by atoms with Gasteiger partial charge in [0.05, 0.1) is 5.56 Å². The van der Waals surface area contributed by atoms with Crippen LogP contribution >= 0.6 is 0 Å². The minimum Gasteiger partial charge on any atom is -0.369 e. The Kier molecular flexibility index (Phi) is 6.31. The van der Waals surface area contributed by atoms with Gasteiger partial charge in [-0.3, -0.25) is 0 Å². The van der Waals surface area contributed by atoms with E-state index in [0.29, 0.717) is 17.2 Å². The van der Waals surface area contributed by atoms with Crippen molar-refractivity contribution in [2.45, 2.75) is 19.3 Å². The lowest BCUT2D eigenvalue weighted by Gasteiger charge is -2.30. The maximum Gasteiger partial charge on any atom is 0.416 e. The van der Waals surface area contributed by atoms with Gasteiger partial charge in [-0.2, -0.15) is 13.2 Å². The van der Waals surface area contributed by atoms with E-state index < -0.39 is 17.9 Å². The predicted molar refractivity (Wildman–Crippen MR) is 126 cm³/mol. The average Bonchev–Trinajstić information content (AvgIpc) is 2.78. The molecule has 1 fully saturated rings. The molecule has 7 nitrogen and oxygen atoms in total. The normalized spacial score (nSPS) is 15.5. The van der Waals surface area contributed by atoms with Gasteiger partial charge in [0, 0.05) is 56.7 Å². The molecule has 4 N–H and O–H groups in total. The molecule has 0 radical (unpaired) electrons. The summed E-state index contributed by atoms with van der Waals surface area (Å²) in [7, 11) is 3.77. The number of hydrogen-bond acceptors (Lipinski definition) is 7. The minimum absolute atomic E-state index is 0.0914. The number of alkyl halides is 3. The molecular formula is C23H28F3N7. The Bertz CT molecular complexity index is 1140. The predicted octanol–water partition coefficient (Wildman–Crippen LogP) is 3.50. The average molecular weight is 460 g/mol. The van der Waals surface area contributed by atoms with Crippen molar-refractivity contribution in [3.63, 3.8) is 0 Å². The number of aromatic nitrogens is 2. The molecule has 176 valence electrons. The molecule has 4 rings (SSSR count). The first-order valence-corrected chi connectivity index (χ1v) is 10.8. The van der Waals surface area contributed by atoms with Crippen molar-refractivity contribution in [2.75, 3.05) is 55.4 Å². The van der Waals surface area contributed by atoms with Gasteiger partial charge < -0.3 is 26.2 Å². The minimum atomic E-state index is -4.45. The van der Waals surface area contributed by atoms with Crippen LogP contribution < -0.4 is 26.2 Å². The van der Waals surface area contributed by atoms with Crippen LogP contribution in [0.5, 0.6) is 0 Å². The van der Waals surface area contributed by atoms with Crippen LogP contribution in [0.1, 0.15) is 22.9 Å². The van der Waals surface area contributed by atoms with Gasteiger partial charge in [-0.1, -0.05) is 12.1 Å². The standard InChI is InChI=1S/C23H28F3N7/c1-14-16(5-4-6-19(14)23(24,25)26)20(27)29-21-18-13-15(33-11-9-28-10-12-33)7-8-17(18)22(31-30-21)32(2)3/h4-8,13,20,28H,9-12,27H2,1-3H3,(H,29,30)/t20-/m0/s1. The maximum atomic E-state index is 13.4. The number of fused-ring (bicyclic) bond motifs is 1. The smallest absolute Gasteiger partial charge is 0.369 e. The van der Waals surface area contributed by atoms with Gasteiger partial charge in [-0.15, -0.1) is 10.2 Å². The molecule has 33 heavy (non-hydrogen) atoms. The molecule has 1 aliphatic heterocycles. The number of nitrogens with zero attached hydrogens (tertiary/aromatic N) is 4. The first-order chi connectivity index (χ1) is 15.7. The molecule has 0 bridgehead atoms. The summed E-state index contributed by atoms with van der Waals surface area (Å²) in [5, 5.41) is 16.8. The maximum absolute atomic E-state index is 13.4. The molecule has 1 aromatic heterocycles. The van der Waals surface area contributed by atoms with Gasteiger partial charge in [-0.05, 0) is 42.3 Å². The summed E-state index contributed by atoms with van der Waals surface area (Å²) in [6.07, 6.45) is -5.34. The van der Waals surface area contributed by atoms with Crippen LogP contribution in [0, 0.1) is 6.92 Å². The van der Waals surface area contributed by atoms with Crippen LogP contribution in [-0.4, -0.2) is 50.5 Å². The van der Waals surface area contributed by atoms with Crippen LogP contribution in [-0.2, 0) is 6.18 Å². The highest BCUT2D eigenvalue weighted by Crippen LogP contribution is 2.36.